The molecule has 3 nitrogen and oxygen atoms in total. The zero-order chi connectivity index (χ0) is 9.19. The fourth-order valence-electron chi connectivity index (χ4n) is 0.931. The maximum Gasteiger partial charge on any atom is 0.214 e. The van der Waals surface area contributed by atoms with E-state index in [1.165, 1.54) is 0 Å². The van der Waals surface area contributed by atoms with Crippen molar-refractivity contribution in [1.29, 1.82) is 0 Å². The monoisotopic (exact) mass is 211 g/mol. The molecular formula is C7H14ClNO2S. The van der Waals surface area contributed by atoms with Crippen LogP contribution in [0.4, 0.5) is 0 Å². The number of halogens is 1. The minimum atomic E-state index is -3.04. The molecule has 1 aliphatic rings. The van der Waals surface area contributed by atoms with Gasteiger partial charge < -0.3 is 0 Å². The minimum absolute atomic E-state index is 0.0998. The summed E-state index contributed by atoms with van der Waals surface area (Å²) in [6.07, 6.45) is 2.34. The van der Waals surface area contributed by atoms with E-state index in [0.29, 0.717) is 5.88 Å². The second kappa shape index (κ2) is 3.94. The molecule has 1 unspecified atom stereocenters. The molecule has 1 N–H and O–H groups in total. The maximum atomic E-state index is 11.4. The lowest BCUT2D eigenvalue weighted by atomic mass is 10.3. The van der Waals surface area contributed by atoms with Crippen LogP contribution in [0.1, 0.15) is 26.2 Å². The summed E-state index contributed by atoms with van der Waals surface area (Å²) < 4.78 is 25.3. The molecule has 0 saturated heterocycles. The molecule has 0 aromatic heterocycles. The first-order chi connectivity index (χ1) is 5.60. The molecule has 0 aromatic carbocycles. The van der Waals surface area contributed by atoms with Crippen LogP contribution in [0.3, 0.4) is 0 Å². The van der Waals surface area contributed by atoms with E-state index >= 15 is 0 Å². The van der Waals surface area contributed by atoms with Gasteiger partial charge in [0.05, 0.1) is 5.25 Å². The number of hydrogen-bond acceptors (Lipinski definition) is 2. The highest BCUT2D eigenvalue weighted by molar-refractivity contribution is 7.90. The highest BCUT2D eigenvalue weighted by Crippen LogP contribution is 2.27. The topological polar surface area (TPSA) is 46.2 Å². The molecule has 0 radical (unpaired) electrons. The Bertz CT molecular complexity index is 232. The van der Waals surface area contributed by atoms with Crippen molar-refractivity contribution in [3.05, 3.63) is 0 Å². The van der Waals surface area contributed by atoms with Crippen LogP contribution in [0.15, 0.2) is 0 Å². The van der Waals surface area contributed by atoms with Gasteiger partial charge in [-0.1, -0.05) is 6.92 Å². The molecule has 1 saturated carbocycles. The Balaban J connectivity index is 2.47. The van der Waals surface area contributed by atoms with Gasteiger partial charge in [0.25, 0.3) is 0 Å². The van der Waals surface area contributed by atoms with Crippen molar-refractivity contribution in [1.82, 2.24) is 4.72 Å². The van der Waals surface area contributed by atoms with E-state index in [9.17, 15) is 8.42 Å². The molecule has 1 rings (SSSR count). The van der Waals surface area contributed by atoms with E-state index in [4.69, 9.17) is 11.6 Å². The maximum absolute atomic E-state index is 11.4. The summed E-state index contributed by atoms with van der Waals surface area (Å²) in [6.45, 7) is 1.92. The van der Waals surface area contributed by atoms with Crippen LogP contribution in [0.25, 0.3) is 0 Å². The van der Waals surface area contributed by atoms with Crippen molar-refractivity contribution >= 4 is 21.6 Å². The van der Waals surface area contributed by atoms with E-state index in [1.54, 1.807) is 0 Å². The first-order valence-corrected chi connectivity index (χ1v) is 6.25. The zero-order valence-electron chi connectivity index (χ0n) is 7.09. The minimum Gasteiger partial charge on any atom is -0.212 e. The van der Waals surface area contributed by atoms with Crippen molar-refractivity contribution in [2.75, 3.05) is 5.88 Å². The van der Waals surface area contributed by atoms with Crippen molar-refractivity contribution in [2.24, 2.45) is 0 Å². The molecule has 1 fully saturated rings. The molecule has 0 spiro atoms. The van der Waals surface area contributed by atoms with E-state index in [0.717, 1.165) is 19.3 Å². The summed E-state index contributed by atoms with van der Waals surface area (Å²) in [5.41, 5.74) is 0. The number of sulfonamides is 1. The van der Waals surface area contributed by atoms with Gasteiger partial charge in [0, 0.05) is 11.9 Å². The van der Waals surface area contributed by atoms with Crippen molar-refractivity contribution in [3.8, 4) is 0 Å². The van der Waals surface area contributed by atoms with Crippen LogP contribution >= 0.6 is 11.6 Å². The van der Waals surface area contributed by atoms with Crippen LogP contribution in [-0.4, -0.2) is 25.6 Å². The molecule has 5 heteroatoms. The highest BCUT2D eigenvalue weighted by atomic mass is 35.5. The Morgan fingerprint density at radius 3 is 2.50 bits per heavy atom. The fraction of sp³-hybridized carbons (Fsp3) is 1.00. The van der Waals surface area contributed by atoms with Gasteiger partial charge in [-0.25, -0.2) is 13.1 Å². The van der Waals surface area contributed by atoms with Crippen LogP contribution in [0.5, 0.6) is 0 Å². The van der Waals surface area contributed by atoms with Gasteiger partial charge in [-0.15, -0.1) is 11.6 Å². The van der Waals surface area contributed by atoms with Crippen molar-refractivity contribution in [3.63, 3.8) is 0 Å². The lowest BCUT2D eigenvalue weighted by Gasteiger charge is -2.13. The average Bonchev–Trinajstić information content (AvgIpc) is 2.82. The number of alkyl halides is 1. The van der Waals surface area contributed by atoms with E-state index in [1.807, 2.05) is 6.92 Å². The summed E-state index contributed by atoms with van der Waals surface area (Å²) in [5.74, 6) is 0.350. The summed E-state index contributed by atoms with van der Waals surface area (Å²) in [5, 5.41) is -0.144. The normalized spacial score (nSPS) is 20.8. The first-order valence-electron chi connectivity index (χ1n) is 4.17. The number of nitrogens with one attached hydrogen (secondary N) is 1. The third-order valence-electron chi connectivity index (χ3n) is 1.97. The van der Waals surface area contributed by atoms with Gasteiger partial charge >= 0.3 is 0 Å². The Kier molecular flexibility index (Phi) is 3.37. The molecular weight excluding hydrogens is 198 g/mol. The molecule has 0 aliphatic heterocycles. The van der Waals surface area contributed by atoms with Crippen molar-refractivity contribution in [2.45, 2.75) is 37.5 Å². The van der Waals surface area contributed by atoms with Gasteiger partial charge in [0.15, 0.2) is 0 Å². The second-order valence-electron chi connectivity index (χ2n) is 3.12. The van der Waals surface area contributed by atoms with Gasteiger partial charge in [-0.3, -0.25) is 0 Å². The van der Waals surface area contributed by atoms with Crippen LogP contribution in [0, 0.1) is 0 Å². The third-order valence-corrected chi connectivity index (χ3v) is 4.36. The second-order valence-corrected chi connectivity index (χ2v) is 5.42. The Morgan fingerprint density at radius 1 is 1.58 bits per heavy atom. The molecule has 0 bridgehead atoms. The Hall–Kier alpha value is 0.200. The highest BCUT2D eigenvalue weighted by Gasteiger charge is 2.36. The smallest absolute Gasteiger partial charge is 0.212 e. The number of hydrogen-bond donors (Lipinski definition) is 1. The van der Waals surface area contributed by atoms with Crippen LogP contribution in [-0.2, 0) is 10.0 Å². The summed E-state index contributed by atoms with van der Waals surface area (Å²) in [6, 6.07) is -0.0998. The molecule has 0 amide bonds. The SMILES string of the molecule is CCC(CCl)NS(=O)(=O)C1CC1. The quantitative estimate of drug-likeness (QED) is 0.692. The average molecular weight is 212 g/mol. The predicted octanol–water partition coefficient (Wildman–Crippen LogP) is 1.09. The molecule has 12 heavy (non-hydrogen) atoms. The largest absolute Gasteiger partial charge is 0.214 e. The summed E-state index contributed by atoms with van der Waals surface area (Å²) in [7, 11) is -3.04. The predicted molar refractivity (Wildman–Crippen MR) is 49.9 cm³/mol. The summed E-state index contributed by atoms with van der Waals surface area (Å²) >= 11 is 5.57. The standard InChI is InChI=1S/C7H14ClNO2S/c1-2-6(5-8)9-12(10,11)7-3-4-7/h6-7,9H,2-5H2,1H3. The lowest BCUT2D eigenvalue weighted by Crippen LogP contribution is -2.37. The fourth-order valence-corrected chi connectivity index (χ4v) is 2.98. The molecule has 0 aromatic rings. The number of rotatable bonds is 5. The molecule has 1 aliphatic carbocycles. The molecule has 0 heterocycles. The molecule has 72 valence electrons. The van der Waals surface area contributed by atoms with E-state index in [-0.39, 0.29) is 11.3 Å². The summed E-state index contributed by atoms with van der Waals surface area (Å²) in [4.78, 5) is 0. The Morgan fingerprint density at radius 2 is 2.17 bits per heavy atom. The van der Waals surface area contributed by atoms with Crippen LogP contribution < -0.4 is 4.72 Å². The van der Waals surface area contributed by atoms with Crippen molar-refractivity contribution < 1.29 is 8.42 Å². The zero-order valence-corrected chi connectivity index (χ0v) is 8.66. The van der Waals surface area contributed by atoms with Gasteiger partial charge in [-0.05, 0) is 19.3 Å². The van der Waals surface area contributed by atoms with E-state index in [2.05, 4.69) is 4.72 Å². The third kappa shape index (κ3) is 2.61. The van der Waals surface area contributed by atoms with E-state index < -0.39 is 10.0 Å². The molecule has 1 atom stereocenters. The lowest BCUT2D eigenvalue weighted by molar-refractivity contribution is 0.556. The Labute approximate surface area is 78.5 Å². The van der Waals surface area contributed by atoms with Crippen LogP contribution in [0.2, 0.25) is 0 Å². The van der Waals surface area contributed by atoms with Gasteiger partial charge in [0.1, 0.15) is 0 Å². The van der Waals surface area contributed by atoms with Gasteiger partial charge in [0.2, 0.25) is 10.0 Å². The first kappa shape index (κ1) is 10.3. The van der Waals surface area contributed by atoms with Gasteiger partial charge in [-0.2, -0.15) is 0 Å².